The number of hydrogen-bond acceptors (Lipinski definition) is 4. The van der Waals surface area contributed by atoms with Crippen molar-refractivity contribution in [3.8, 4) is 11.1 Å². The summed E-state index contributed by atoms with van der Waals surface area (Å²) >= 11 is 3.85. The minimum atomic E-state index is 0.944. The molecule has 7 rings (SSSR count). The van der Waals surface area contributed by atoms with E-state index in [0.717, 1.165) is 40.9 Å². The quantitative estimate of drug-likeness (QED) is 0.171. The Hall–Kier alpha value is -4.12. The van der Waals surface area contributed by atoms with Gasteiger partial charge in [0.05, 0.1) is 11.4 Å². The molecular weight excluding hydrogens is 561 g/mol. The van der Waals surface area contributed by atoms with Crippen LogP contribution >= 0.6 is 22.7 Å². The topological polar surface area (TPSA) is 24.7 Å². The van der Waals surface area contributed by atoms with Gasteiger partial charge in [0.15, 0.2) is 0 Å². The highest BCUT2D eigenvalue weighted by Gasteiger charge is 2.25. The Kier molecular flexibility index (Phi) is 7.42. The first kappa shape index (κ1) is 27.7. The normalized spacial score (nSPS) is 14.0. The van der Waals surface area contributed by atoms with Crippen LogP contribution in [0.15, 0.2) is 94.9 Å². The van der Waals surface area contributed by atoms with E-state index in [0.29, 0.717) is 0 Å². The van der Waals surface area contributed by atoms with Crippen LogP contribution in [-0.2, 0) is 0 Å². The van der Waals surface area contributed by atoms with Gasteiger partial charge in [0.25, 0.3) is 0 Å². The molecule has 2 nitrogen and oxygen atoms in total. The molecule has 0 aliphatic heterocycles. The minimum absolute atomic E-state index is 0.944. The Morgan fingerprint density at radius 2 is 1.21 bits per heavy atom. The predicted molar refractivity (Wildman–Crippen MR) is 191 cm³/mol. The highest BCUT2D eigenvalue weighted by molar-refractivity contribution is 7.19. The van der Waals surface area contributed by atoms with Crippen molar-refractivity contribution >= 4 is 77.8 Å². The van der Waals surface area contributed by atoms with E-state index < -0.39 is 0 Å². The van der Waals surface area contributed by atoms with Crippen molar-refractivity contribution in [1.82, 2.24) is 0 Å². The van der Waals surface area contributed by atoms with Gasteiger partial charge < -0.3 is 0 Å². The first-order valence-corrected chi connectivity index (χ1v) is 16.6. The summed E-state index contributed by atoms with van der Waals surface area (Å²) in [5.74, 6) is 0. The summed E-state index contributed by atoms with van der Waals surface area (Å²) in [5.41, 5.74) is 12.7. The zero-order chi connectivity index (χ0) is 29.5. The molecule has 0 unspecified atom stereocenters. The highest BCUT2D eigenvalue weighted by Crippen LogP contribution is 2.49. The monoisotopic (exact) mass is 594 g/mol. The lowest BCUT2D eigenvalue weighted by atomic mass is 9.93. The summed E-state index contributed by atoms with van der Waals surface area (Å²) in [5, 5.41) is 2.79. The molecule has 0 N–H and O–H groups in total. The van der Waals surface area contributed by atoms with Gasteiger partial charge in [0.2, 0.25) is 0 Å². The molecule has 0 radical (unpaired) electrons. The number of hydrogen-bond donors (Lipinski definition) is 0. The number of aliphatic imine (C=N–C) groups is 2. The third kappa shape index (κ3) is 5.30. The van der Waals surface area contributed by atoms with Gasteiger partial charge >= 0.3 is 0 Å². The summed E-state index contributed by atoms with van der Waals surface area (Å²) in [7, 11) is 0. The van der Waals surface area contributed by atoms with Crippen molar-refractivity contribution in [1.29, 1.82) is 0 Å². The van der Waals surface area contributed by atoms with E-state index in [1.807, 2.05) is 48.1 Å². The summed E-state index contributed by atoms with van der Waals surface area (Å²) < 4.78 is 2.74. The number of nitrogens with zero attached hydrogens (tertiary/aromatic N) is 2. The molecule has 2 heterocycles. The molecule has 0 amide bonds. The molecule has 0 saturated carbocycles. The Balaban J connectivity index is 1.22. The van der Waals surface area contributed by atoms with Crippen molar-refractivity contribution in [2.24, 2.45) is 9.98 Å². The van der Waals surface area contributed by atoms with Gasteiger partial charge in [0, 0.05) is 42.4 Å². The SMILES string of the molecule is CC=Nc1cccc(-c2cccc(/N=C/c3ccc4c(C5=C(c6c(C)sc7cc(C)ccc67)CCC5)c(C)sc4c3)c2)c1. The first-order valence-electron chi connectivity index (χ1n) is 15.0. The summed E-state index contributed by atoms with van der Waals surface area (Å²) in [4.78, 5) is 12.1. The number of allylic oxidation sites excluding steroid dienone is 2. The van der Waals surface area contributed by atoms with E-state index in [1.165, 1.54) is 53.0 Å². The largest absolute Gasteiger partial charge is 0.262 e. The zero-order valence-electron chi connectivity index (χ0n) is 25.1. The fourth-order valence-corrected chi connectivity index (χ4v) is 8.85. The predicted octanol–water partition coefficient (Wildman–Crippen LogP) is 12.3. The van der Waals surface area contributed by atoms with Crippen LogP contribution in [0.25, 0.3) is 42.4 Å². The fourth-order valence-electron chi connectivity index (χ4n) is 6.52. The molecule has 0 fully saturated rings. The second kappa shape index (κ2) is 11.5. The molecule has 0 spiro atoms. The van der Waals surface area contributed by atoms with Crippen LogP contribution in [-0.4, -0.2) is 12.4 Å². The summed E-state index contributed by atoms with van der Waals surface area (Å²) in [6.07, 6.45) is 7.36. The van der Waals surface area contributed by atoms with Crippen LogP contribution in [0.3, 0.4) is 0 Å². The van der Waals surface area contributed by atoms with E-state index in [9.17, 15) is 0 Å². The van der Waals surface area contributed by atoms with E-state index in [1.54, 1.807) is 11.1 Å². The van der Waals surface area contributed by atoms with Crippen LogP contribution in [0.1, 0.15) is 58.2 Å². The van der Waals surface area contributed by atoms with E-state index in [4.69, 9.17) is 4.99 Å². The molecule has 0 saturated heterocycles. The fraction of sp³-hybridized carbons (Fsp3) is 0.179. The molecule has 4 aromatic carbocycles. The molecule has 4 heteroatoms. The average molecular weight is 595 g/mol. The van der Waals surface area contributed by atoms with Crippen LogP contribution in [0, 0.1) is 20.8 Å². The number of thiophene rings is 2. The lowest BCUT2D eigenvalue weighted by Crippen LogP contribution is -1.89. The number of benzene rings is 4. The second-order valence-corrected chi connectivity index (χ2v) is 13.9. The third-order valence-electron chi connectivity index (χ3n) is 8.40. The maximum absolute atomic E-state index is 4.87. The van der Waals surface area contributed by atoms with E-state index in [2.05, 4.69) is 105 Å². The molecule has 0 atom stereocenters. The average Bonchev–Trinajstić information content (AvgIpc) is 3.69. The van der Waals surface area contributed by atoms with Crippen molar-refractivity contribution in [2.75, 3.05) is 0 Å². The Morgan fingerprint density at radius 3 is 1.84 bits per heavy atom. The van der Waals surface area contributed by atoms with Crippen LogP contribution in [0.2, 0.25) is 0 Å². The lowest BCUT2D eigenvalue weighted by Gasteiger charge is -2.10. The molecule has 212 valence electrons. The lowest BCUT2D eigenvalue weighted by molar-refractivity contribution is 0.942. The molecular formula is C39H34N2S2. The molecule has 6 aromatic rings. The summed E-state index contributed by atoms with van der Waals surface area (Å²) in [6.45, 7) is 8.73. The molecule has 43 heavy (non-hydrogen) atoms. The van der Waals surface area contributed by atoms with Gasteiger partial charge in [-0.25, -0.2) is 0 Å². The Morgan fingerprint density at radius 1 is 0.628 bits per heavy atom. The first-order chi connectivity index (χ1) is 21.0. The van der Waals surface area contributed by atoms with Crippen molar-refractivity contribution in [3.05, 3.63) is 117 Å². The van der Waals surface area contributed by atoms with Crippen molar-refractivity contribution < 1.29 is 0 Å². The summed E-state index contributed by atoms with van der Waals surface area (Å²) in [6, 6.07) is 30.5. The standard InChI is InChI=1S/C39H34N2S2/c1-5-40-30-11-6-9-28(21-30)29-10-7-12-31(22-29)41-23-27-16-18-35-37(20-27)43-26(4)39(35)33-14-8-13-32(33)38-25(3)42-36-19-24(2)15-17-34(36)38/h5-7,9-12,15-23H,8,13-14H2,1-4H3/b40-5?,41-23+. The van der Waals surface area contributed by atoms with Gasteiger partial charge in [0.1, 0.15) is 0 Å². The molecule has 0 bridgehead atoms. The van der Waals surface area contributed by atoms with Crippen molar-refractivity contribution in [3.63, 3.8) is 0 Å². The van der Waals surface area contributed by atoms with E-state index >= 15 is 0 Å². The highest BCUT2D eigenvalue weighted by atomic mass is 32.1. The smallest absolute Gasteiger partial charge is 0.0636 e. The van der Waals surface area contributed by atoms with Crippen molar-refractivity contribution in [2.45, 2.75) is 47.0 Å². The van der Waals surface area contributed by atoms with Crippen LogP contribution < -0.4 is 0 Å². The van der Waals surface area contributed by atoms with Crippen LogP contribution in [0.4, 0.5) is 11.4 Å². The zero-order valence-corrected chi connectivity index (χ0v) is 26.7. The maximum Gasteiger partial charge on any atom is 0.0636 e. The molecule has 2 aromatic heterocycles. The number of fused-ring (bicyclic) bond motifs is 2. The number of rotatable bonds is 6. The minimum Gasteiger partial charge on any atom is -0.262 e. The van der Waals surface area contributed by atoms with Gasteiger partial charge in [-0.1, -0.05) is 48.5 Å². The second-order valence-electron chi connectivity index (χ2n) is 11.4. The van der Waals surface area contributed by atoms with Gasteiger partial charge in [-0.2, -0.15) is 0 Å². The third-order valence-corrected chi connectivity index (χ3v) is 10.5. The maximum atomic E-state index is 4.87. The Bertz CT molecular complexity index is 2100. The number of aryl methyl sites for hydroxylation is 3. The van der Waals surface area contributed by atoms with Gasteiger partial charge in [-0.15, -0.1) is 22.7 Å². The van der Waals surface area contributed by atoms with E-state index in [-0.39, 0.29) is 0 Å². The van der Waals surface area contributed by atoms with Gasteiger partial charge in [-0.3, -0.25) is 9.98 Å². The van der Waals surface area contributed by atoms with Crippen LogP contribution in [0.5, 0.6) is 0 Å². The van der Waals surface area contributed by atoms with Gasteiger partial charge in [-0.05, 0) is 128 Å². The Labute approximate surface area is 261 Å². The molecule has 1 aliphatic rings. The molecule has 1 aliphatic carbocycles.